The summed E-state index contributed by atoms with van der Waals surface area (Å²) >= 11 is 0. The molecule has 0 aromatic heterocycles. The maximum absolute atomic E-state index is 13.2. The highest BCUT2D eigenvalue weighted by Crippen LogP contribution is 2.36. The lowest BCUT2D eigenvalue weighted by Gasteiger charge is -2.14. The van der Waals surface area contributed by atoms with Crippen molar-refractivity contribution in [2.24, 2.45) is 0 Å². The molecule has 0 bridgehead atoms. The Labute approximate surface area is 153 Å². The molecule has 0 saturated heterocycles. The molecule has 10 heteroatoms. The van der Waals surface area contributed by atoms with Crippen LogP contribution in [0.2, 0.25) is 0 Å². The first-order valence-corrected chi connectivity index (χ1v) is 9.00. The van der Waals surface area contributed by atoms with Crippen LogP contribution in [0.5, 0.6) is 11.5 Å². The third-order valence-electron chi connectivity index (χ3n) is 3.72. The Morgan fingerprint density at radius 1 is 1.11 bits per heavy atom. The third kappa shape index (κ3) is 4.10. The Balaban J connectivity index is 1.83. The van der Waals surface area contributed by atoms with Crippen LogP contribution in [0.1, 0.15) is 11.1 Å². The van der Waals surface area contributed by atoms with E-state index in [2.05, 4.69) is 10.0 Å². The lowest BCUT2D eigenvalue weighted by atomic mass is 10.1. The van der Waals surface area contributed by atoms with Gasteiger partial charge in [0.2, 0.25) is 16.8 Å². The molecule has 0 amide bonds. The molecule has 142 valence electrons. The second-order valence-electron chi connectivity index (χ2n) is 5.49. The number of benzene rings is 2. The Bertz CT molecular complexity index is 1010. The Kier molecular flexibility index (Phi) is 4.91. The van der Waals surface area contributed by atoms with E-state index in [0.29, 0.717) is 23.1 Å². The van der Waals surface area contributed by atoms with Crippen molar-refractivity contribution >= 4 is 15.7 Å². The topological polar surface area (TPSA) is 76.7 Å². The van der Waals surface area contributed by atoms with Gasteiger partial charge in [0.15, 0.2) is 11.5 Å². The maximum atomic E-state index is 13.2. The fraction of sp³-hybridized carbons (Fsp3) is 0.176. The molecule has 1 aliphatic rings. The number of terminal acetylenes is 1. The molecule has 0 radical (unpaired) electrons. The number of ether oxygens (including phenoxy) is 2. The van der Waals surface area contributed by atoms with Crippen LogP contribution in [0.15, 0.2) is 41.3 Å². The van der Waals surface area contributed by atoms with Gasteiger partial charge in [0.1, 0.15) is 0 Å². The second-order valence-corrected chi connectivity index (χ2v) is 7.25. The molecule has 1 aliphatic heterocycles. The van der Waals surface area contributed by atoms with Crippen molar-refractivity contribution in [3.05, 3.63) is 47.5 Å². The van der Waals surface area contributed by atoms with Crippen molar-refractivity contribution in [2.75, 3.05) is 12.1 Å². The van der Waals surface area contributed by atoms with Gasteiger partial charge in [-0.05, 0) is 35.9 Å². The van der Waals surface area contributed by atoms with Crippen LogP contribution in [0.3, 0.4) is 0 Å². The second kappa shape index (κ2) is 7.02. The summed E-state index contributed by atoms with van der Waals surface area (Å²) in [4.78, 5) is -0.530. The molecular formula is C17H13F3N2O4S. The van der Waals surface area contributed by atoms with Gasteiger partial charge in [-0.15, -0.1) is 0 Å². The van der Waals surface area contributed by atoms with E-state index in [9.17, 15) is 21.6 Å². The minimum Gasteiger partial charge on any atom is -0.454 e. The van der Waals surface area contributed by atoms with Crippen LogP contribution in [0, 0.1) is 12.5 Å². The van der Waals surface area contributed by atoms with Gasteiger partial charge in [-0.3, -0.25) is 0 Å². The largest absolute Gasteiger partial charge is 0.454 e. The number of hydrogen-bond acceptors (Lipinski definition) is 5. The minimum absolute atomic E-state index is 0.0722. The van der Waals surface area contributed by atoms with Gasteiger partial charge in [-0.1, -0.05) is 12.5 Å². The fourth-order valence-electron chi connectivity index (χ4n) is 2.42. The van der Waals surface area contributed by atoms with Crippen LogP contribution in [-0.4, -0.2) is 15.2 Å². The smallest absolute Gasteiger partial charge is 0.418 e. The Morgan fingerprint density at radius 3 is 2.56 bits per heavy atom. The van der Waals surface area contributed by atoms with Gasteiger partial charge in [0.05, 0.1) is 16.1 Å². The van der Waals surface area contributed by atoms with Crippen molar-refractivity contribution in [3.8, 4) is 24.0 Å². The zero-order chi connectivity index (χ0) is 19.7. The lowest BCUT2D eigenvalue weighted by Crippen LogP contribution is -2.24. The van der Waals surface area contributed by atoms with Crippen molar-refractivity contribution in [3.63, 3.8) is 0 Å². The summed E-state index contributed by atoms with van der Waals surface area (Å²) < 4.78 is 76.9. The van der Waals surface area contributed by atoms with Crippen LogP contribution in [0.4, 0.5) is 18.9 Å². The number of rotatable bonds is 5. The Hall–Kier alpha value is -2.90. The summed E-state index contributed by atoms with van der Waals surface area (Å²) in [5.41, 5.74) is -1.02. The van der Waals surface area contributed by atoms with Gasteiger partial charge >= 0.3 is 6.18 Å². The molecule has 0 spiro atoms. The molecule has 0 aliphatic carbocycles. The predicted molar refractivity (Wildman–Crippen MR) is 90.5 cm³/mol. The maximum Gasteiger partial charge on any atom is 0.418 e. The van der Waals surface area contributed by atoms with E-state index >= 15 is 0 Å². The van der Waals surface area contributed by atoms with Crippen LogP contribution < -0.4 is 19.5 Å². The number of nitrogens with one attached hydrogen (secondary N) is 2. The van der Waals surface area contributed by atoms with Crippen LogP contribution in [-0.2, 0) is 22.7 Å². The number of alkyl halides is 3. The highest BCUT2D eigenvalue weighted by molar-refractivity contribution is 7.89. The first kappa shape index (κ1) is 18.9. The highest BCUT2D eigenvalue weighted by Gasteiger charge is 2.35. The first-order chi connectivity index (χ1) is 12.7. The average molecular weight is 398 g/mol. The van der Waals surface area contributed by atoms with E-state index < -0.39 is 32.3 Å². The number of hydrogen-bond donors (Lipinski definition) is 2. The molecule has 1 heterocycles. The molecule has 0 fully saturated rings. The summed E-state index contributed by atoms with van der Waals surface area (Å²) in [6.45, 7) is -0.0620. The molecule has 6 nitrogen and oxygen atoms in total. The molecular weight excluding hydrogens is 385 g/mol. The van der Waals surface area contributed by atoms with E-state index in [4.69, 9.17) is 15.9 Å². The zero-order valence-corrected chi connectivity index (χ0v) is 14.4. The van der Waals surface area contributed by atoms with E-state index in [0.717, 1.165) is 12.1 Å². The van der Waals surface area contributed by atoms with Crippen molar-refractivity contribution in [1.29, 1.82) is 0 Å². The molecule has 2 aromatic rings. The SMILES string of the molecule is C#CNc1ccc(S(=O)(=O)NCc2ccc3c(c2)OCO3)cc1C(F)(F)F. The molecule has 0 atom stereocenters. The lowest BCUT2D eigenvalue weighted by molar-refractivity contribution is -0.137. The van der Waals surface area contributed by atoms with Crippen molar-refractivity contribution in [2.45, 2.75) is 17.6 Å². The quantitative estimate of drug-likeness (QED) is 0.598. The fourth-order valence-corrected chi connectivity index (χ4v) is 3.47. The van der Waals surface area contributed by atoms with Crippen molar-refractivity contribution < 1.29 is 31.1 Å². The van der Waals surface area contributed by atoms with E-state index in [1.165, 1.54) is 0 Å². The highest BCUT2D eigenvalue weighted by atomic mass is 32.2. The van der Waals surface area contributed by atoms with E-state index in [1.807, 2.05) is 6.04 Å². The van der Waals surface area contributed by atoms with Gasteiger partial charge < -0.3 is 14.8 Å². The van der Waals surface area contributed by atoms with E-state index in [-0.39, 0.29) is 13.3 Å². The van der Waals surface area contributed by atoms with E-state index in [1.54, 1.807) is 18.2 Å². The number of anilines is 1. The average Bonchev–Trinajstić information content (AvgIpc) is 3.07. The first-order valence-electron chi connectivity index (χ1n) is 7.52. The van der Waals surface area contributed by atoms with Gasteiger partial charge in [-0.25, -0.2) is 13.1 Å². The zero-order valence-electron chi connectivity index (χ0n) is 13.6. The summed E-state index contributed by atoms with van der Waals surface area (Å²) in [5.74, 6) is 1.00. The molecule has 0 unspecified atom stereocenters. The van der Waals surface area contributed by atoms with Gasteiger partial charge in [0, 0.05) is 12.6 Å². The molecule has 0 saturated carbocycles. The molecule has 27 heavy (non-hydrogen) atoms. The predicted octanol–water partition coefficient (Wildman–Crippen LogP) is 2.92. The molecule has 3 rings (SSSR count). The third-order valence-corrected chi connectivity index (χ3v) is 5.12. The monoisotopic (exact) mass is 398 g/mol. The summed E-state index contributed by atoms with van der Waals surface area (Å²) in [7, 11) is -4.19. The number of fused-ring (bicyclic) bond motifs is 1. The standard InChI is InChI=1S/C17H13F3N2O4S/c1-2-21-14-5-4-12(8-13(14)17(18,19)20)27(23,24)22-9-11-3-6-15-16(7-11)26-10-25-15/h1,3-8,21-22H,9-10H2. The van der Waals surface area contributed by atoms with Gasteiger partial charge in [-0.2, -0.15) is 13.2 Å². The molecule has 2 N–H and O–H groups in total. The number of halogens is 3. The summed E-state index contributed by atoms with van der Waals surface area (Å²) in [6.07, 6.45) is 0.193. The summed E-state index contributed by atoms with van der Waals surface area (Å²) in [6, 6.07) is 9.25. The van der Waals surface area contributed by atoms with Gasteiger partial charge in [0.25, 0.3) is 0 Å². The molecule has 2 aromatic carbocycles. The normalized spacial score (nSPS) is 13.3. The minimum atomic E-state index is -4.78. The number of sulfonamides is 1. The van der Waals surface area contributed by atoms with Crippen molar-refractivity contribution in [1.82, 2.24) is 4.72 Å². The van der Waals surface area contributed by atoms with Crippen LogP contribution in [0.25, 0.3) is 0 Å². The van der Waals surface area contributed by atoms with Crippen LogP contribution >= 0.6 is 0 Å². The summed E-state index contributed by atoms with van der Waals surface area (Å²) in [5, 5.41) is 2.11. The Morgan fingerprint density at radius 2 is 1.85 bits per heavy atom.